The summed E-state index contributed by atoms with van der Waals surface area (Å²) in [5, 5.41) is 0. The van der Waals surface area contributed by atoms with E-state index in [1.807, 2.05) is 30.6 Å². The molecule has 0 spiro atoms. The molecule has 186 valence electrons. The van der Waals surface area contributed by atoms with Gasteiger partial charge in [-0.15, -0.1) is 0 Å². The van der Waals surface area contributed by atoms with Gasteiger partial charge < -0.3 is 14.5 Å². The highest BCUT2D eigenvalue weighted by atomic mass is 16.5. The van der Waals surface area contributed by atoms with E-state index in [1.165, 1.54) is 31.2 Å². The molecule has 0 amide bonds. The van der Waals surface area contributed by atoms with Crippen molar-refractivity contribution in [2.45, 2.75) is 44.9 Å². The Labute approximate surface area is 213 Å². The molecule has 2 unspecified atom stereocenters. The summed E-state index contributed by atoms with van der Waals surface area (Å²) in [7, 11) is 1.39. The van der Waals surface area contributed by atoms with Crippen LogP contribution in [-0.4, -0.2) is 63.8 Å². The second-order valence-corrected chi connectivity index (χ2v) is 9.59. The predicted molar refractivity (Wildman–Crippen MR) is 141 cm³/mol. The van der Waals surface area contributed by atoms with E-state index in [-0.39, 0.29) is 5.97 Å². The summed E-state index contributed by atoms with van der Waals surface area (Å²) in [6, 6.07) is 12.8. The molecule has 7 nitrogen and oxygen atoms in total. The number of carbonyl (C=O) groups is 1. The Morgan fingerprint density at radius 2 is 1.89 bits per heavy atom. The number of amidine groups is 1. The smallest absolute Gasteiger partial charge is 0.337 e. The summed E-state index contributed by atoms with van der Waals surface area (Å²) in [6.45, 7) is 9.74. The molecule has 1 aromatic carbocycles. The summed E-state index contributed by atoms with van der Waals surface area (Å²) in [6.07, 6.45) is 12.1. The van der Waals surface area contributed by atoms with Crippen molar-refractivity contribution in [3.05, 3.63) is 102 Å². The van der Waals surface area contributed by atoms with Crippen LogP contribution in [0.5, 0.6) is 0 Å². The molecule has 1 aromatic heterocycles. The van der Waals surface area contributed by atoms with Crippen LogP contribution in [0.1, 0.15) is 41.3 Å². The van der Waals surface area contributed by atoms with Gasteiger partial charge in [-0.05, 0) is 55.2 Å². The minimum Gasteiger partial charge on any atom is -0.465 e. The molecule has 2 aromatic rings. The van der Waals surface area contributed by atoms with Gasteiger partial charge in [0, 0.05) is 74.3 Å². The Kier molecular flexibility index (Phi) is 7.00. The Bertz CT molecular complexity index is 1190. The number of aliphatic imine (C=N–C) groups is 1. The molecule has 2 bridgehead atoms. The van der Waals surface area contributed by atoms with Crippen molar-refractivity contribution in [1.82, 2.24) is 19.7 Å². The number of rotatable bonds is 7. The predicted octanol–water partition coefficient (Wildman–Crippen LogP) is 4.36. The molecule has 5 rings (SSSR count). The third-order valence-electron chi connectivity index (χ3n) is 7.46. The van der Waals surface area contributed by atoms with Crippen LogP contribution < -0.4 is 0 Å². The number of likely N-dealkylation sites (tertiary alicyclic amines) is 1. The van der Waals surface area contributed by atoms with E-state index in [9.17, 15) is 4.79 Å². The Morgan fingerprint density at radius 1 is 1.14 bits per heavy atom. The first-order valence-electron chi connectivity index (χ1n) is 12.5. The van der Waals surface area contributed by atoms with Gasteiger partial charge >= 0.3 is 5.97 Å². The van der Waals surface area contributed by atoms with Crippen LogP contribution in [0, 0.1) is 0 Å². The number of ether oxygens (including phenoxy) is 1. The number of carbonyl (C=O) groups excluding carboxylic acids is 1. The minimum atomic E-state index is -0.327. The fourth-order valence-electron chi connectivity index (χ4n) is 5.56. The SMILES string of the molecule is C=CN=C1/C(=C(\C)N2CC3CCC(C2)N3Cc2cccnc2)C=CN1Cc1ccc(C(=O)OC)cc1. The number of piperazine rings is 1. The number of benzene rings is 1. The fraction of sp³-hybridized carbons (Fsp3) is 0.345. The molecule has 3 aliphatic heterocycles. The van der Waals surface area contributed by atoms with Crippen molar-refractivity contribution in [2.24, 2.45) is 4.99 Å². The standard InChI is InChI=1S/C29H33N5O2/c1-4-31-28-27(13-15-32(28)17-22-7-9-24(10-8-22)29(35)36-3)21(2)33-19-25-11-12-26(20-33)34(25)18-23-6-5-14-30-16-23/h4-10,13-16,25-26H,1,11-12,17-20H2,2-3H3/b27-21+,31-28?. The third-order valence-corrected chi connectivity index (χ3v) is 7.46. The molecular formula is C29H33N5O2. The zero-order valence-corrected chi connectivity index (χ0v) is 21.0. The molecule has 0 saturated carbocycles. The highest BCUT2D eigenvalue weighted by Gasteiger charge is 2.40. The largest absolute Gasteiger partial charge is 0.465 e. The van der Waals surface area contributed by atoms with Gasteiger partial charge in [0.15, 0.2) is 0 Å². The number of esters is 1. The van der Waals surface area contributed by atoms with E-state index in [0.29, 0.717) is 24.2 Å². The van der Waals surface area contributed by atoms with Crippen molar-refractivity contribution in [3.63, 3.8) is 0 Å². The van der Waals surface area contributed by atoms with E-state index in [2.05, 4.69) is 56.5 Å². The number of aromatic nitrogens is 1. The van der Waals surface area contributed by atoms with Crippen molar-refractivity contribution >= 4 is 11.8 Å². The summed E-state index contributed by atoms with van der Waals surface area (Å²) < 4.78 is 4.81. The van der Waals surface area contributed by atoms with Crippen molar-refractivity contribution in [1.29, 1.82) is 0 Å². The minimum absolute atomic E-state index is 0.327. The van der Waals surface area contributed by atoms with Crippen LogP contribution in [0.3, 0.4) is 0 Å². The Hall–Kier alpha value is -3.71. The summed E-state index contributed by atoms with van der Waals surface area (Å²) in [4.78, 5) is 28.0. The summed E-state index contributed by atoms with van der Waals surface area (Å²) in [5.41, 5.74) is 5.32. The van der Waals surface area contributed by atoms with Gasteiger partial charge in [-0.3, -0.25) is 9.88 Å². The molecule has 0 aliphatic carbocycles. The number of fused-ring (bicyclic) bond motifs is 2. The first kappa shape index (κ1) is 24.0. The molecule has 36 heavy (non-hydrogen) atoms. The van der Waals surface area contributed by atoms with Gasteiger partial charge in [-0.25, -0.2) is 9.79 Å². The molecule has 0 radical (unpaired) electrons. The molecule has 2 saturated heterocycles. The number of methoxy groups -OCH3 is 1. The highest BCUT2D eigenvalue weighted by molar-refractivity contribution is 6.04. The van der Waals surface area contributed by atoms with E-state index < -0.39 is 0 Å². The molecule has 2 atom stereocenters. The fourth-order valence-corrected chi connectivity index (χ4v) is 5.56. The maximum absolute atomic E-state index is 11.7. The average Bonchev–Trinajstić information content (AvgIpc) is 3.39. The molecule has 2 fully saturated rings. The number of allylic oxidation sites excluding steroid dienone is 1. The van der Waals surface area contributed by atoms with Crippen LogP contribution in [0.25, 0.3) is 0 Å². The van der Waals surface area contributed by atoms with Gasteiger partial charge in [0.1, 0.15) is 5.84 Å². The van der Waals surface area contributed by atoms with Crippen molar-refractivity contribution < 1.29 is 9.53 Å². The number of hydrogen-bond acceptors (Lipinski definition) is 6. The molecule has 3 aliphatic rings. The Morgan fingerprint density at radius 3 is 2.53 bits per heavy atom. The summed E-state index contributed by atoms with van der Waals surface area (Å²) in [5.74, 6) is 0.580. The molecule has 0 N–H and O–H groups in total. The maximum atomic E-state index is 11.7. The average molecular weight is 484 g/mol. The van der Waals surface area contributed by atoms with Gasteiger partial charge in [0.2, 0.25) is 0 Å². The van der Waals surface area contributed by atoms with Crippen LogP contribution in [0.2, 0.25) is 0 Å². The van der Waals surface area contributed by atoms with Crippen LogP contribution in [0.15, 0.2) is 90.1 Å². The van der Waals surface area contributed by atoms with Crippen LogP contribution in [0.4, 0.5) is 0 Å². The van der Waals surface area contributed by atoms with E-state index in [0.717, 1.165) is 36.6 Å². The van der Waals surface area contributed by atoms with Crippen molar-refractivity contribution in [2.75, 3.05) is 20.2 Å². The van der Waals surface area contributed by atoms with Gasteiger partial charge in [-0.1, -0.05) is 24.8 Å². The Balaban J connectivity index is 1.30. The molecular weight excluding hydrogens is 450 g/mol. The zero-order valence-electron chi connectivity index (χ0n) is 21.0. The first-order valence-corrected chi connectivity index (χ1v) is 12.5. The first-order chi connectivity index (χ1) is 17.6. The number of hydrogen-bond donors (Lipinski definition) is 0. The van der Waals surface area contributed by atoms with Gasteiger partial charge in [-0.2, -0.15) is 0 Å². The second-order valence-electron chi connectivity index (χ2n) is 9.59. The third kappa shape index (κ3) is 4.84. The number of pyridine rings is 1. The second kappa shape index (κ2) is 10.5. The van der Waals surface area contributed by atoms with E-state index in [1.54, 1.807) is 18.3 Å². The van der Waals surface area contributed by atoms with Crippen LogP contribution in [-0.2, 0) is 17.8 Å². The monoisotopic (exact) mass is 483 g/mol. The number of nitrogens with zero attached hydrogens (tertiary/aromatic N) is 5. The van der Waals surface area contributed by atoms with Crippen molar-refractivity contribution in [3.8, 4) is 0 Å². The van der Waals surface area contributed by atoms with Gasteiger partial charge in [0.05, 0.1) is 12.7 Å². The topological polar surface area (TPSA) is 61.3 Å². The summed E-state index contributed by atoms with van der Waals surface area (Å²) >= 11 is 0. The van der Waals surface area contributed by atoms with Gasteiger partial charge in [0.25, 0.3) is 0 Å². The zero-order chi connectivity index (χ0) is 25.1. The lowest BCUT2D eigenvalue weighted by Gasteiger charge is -2.43. The van der Waals surface area contributed by atoms with E-state index in [4.69, 9.17) is 4.74 Å². The maximum Gasteiger partial charge on any atom is 0.337 e. The highest BCUT2D eigenvalue weighted by Crippen LogP contribution is 2.34. The normalized spacial score (nSPS) is 23.9. The molecule has 4 heterocycles. The van der Waals surface area contributed by atoms with E-state index >= 15 is 0 Å². The lowest BCUT2D eigenvalue weighted by molar-refractivity contribution is 0.0600. The lowest BCUT2D eigenvalue weighted by Crippen LogP contribution is -2.52. The lowest BCUT2D eigenvalue weighted by atomic mass is 10.1. The quantitative estimate of drug-likeness (QED) is 0.546. The molecule has 7 heteroatoms. The van der Waals surface area contributed by atoms with Crippen LogP contribution >= 0.6 is 0 Å².